The first-order valence-electron chi connectivity index (χ1n) is 6.66. The van der Waals surface area contributed by atoms with Crippen molar-refractivity contribution in [2.24, 2.45) is 5.92 Å². The van der Waals surface area contributed by atoms with Crippen molar-refractivity contribution >= 4 is 11.6 Å². The van der Waals surface area contributed by atoms with Gasteiger partial charge < -0.3 is 10.1 Å². The Bertz CT molecular complexity index is 377. The van der Waals surface area contributed by atoms with Crippen LogP contribution in [0.3, 0.4) is 0 Å². The highest BCUT2D eigenvalue weighted by Gasteiger charge is 2.16. The first-order valence-corrected chi connectivity index (χ1v) is 6.66. The van der Waals surface area contributed by atoms with E-state index in [4.69, 9.17) is 4.74 Å². The van der Waals surface area contributed by atoms with Gasteiger partial charge in [-0.3, -0.25) is 4.79 Å². The van der Waals surface area contributed by atoms with Gasteiger partial charge in [-0.25, -0.2) is 0 Å². The Morgan fingerprint density at radius 2 is 2.06 bits per heavy atom. The van der Waals surface area contributed by atoms with Crippen molar-refractivity contribution in [1.29, 1.82) is 0 Å². The first-order chi connectivity index (χ1) is 8.72. The number of anilines is 1. The van der Waals surface area contributed by atoms with Gasteiger partial charge in [0, 0.05) is 5.92 Å². The first kappa shape index (κ1) is 14.6. The maximum atomic E-state index is 12.2. The minimum absolute atomic E-state index is 0.0925. The molecule has 0 aliphatic carbocycles. The molecule has 0 fully saturated rings. The predicted octanol–water partition coefficient (Wildman–Crippen LogP) is 3.85. The molecule has 0 spiro atoms. The summed E-state index contributed by atoms with van der Waals surface area (Å²) in [6, 6.07) is 7.50. The number of ether oxygens (including phenoxy) is 1. The van der Waals surface area contributed by atoms with Gasteiger partial charge in [0.2, 0.25) is 5.91 Å². The summed E-state index contributed by atoms with van der Waals surface area (Å²) in [6.45, 7) is 4.20. The van der Waals surface area contributed by atoms with Crippen molar-refractivity contribution in [2.75, 3.05) is 12.4 Å². The Balaban J connectivity index is 2.67. The van der Waals surface area contributed by atoms with Gasteiger partial charge in [-0.1, -0.05) is 38.8 Å². The summed E-state index contributed by atoms with van der Waals surface area (Å²) in [4.78, 5) is 12.2. The minimum atomic E-state index is 0.0925. The van der Waals surface area contributed by atoms with Gasteiger partial charge in [0.25, 0.3) is 0 Å². The van der Waals surface area contributed by atoms with Crippen molar-refractivity contribution in [2.45, 2.75) is 39.5 Å². The van der Waals surface area contributed by atoms with Crippen LogP contribution < -0.4 is 10.1 Å². The average Bonchev–Trinajstić information content (AvgIpc) is 2.40. The summed E-state index contributed by atoms with van der Waals surface area (Å²) >= 11 is 0. The van der Waals surface area contributed by atoms with Crippen LogP contribution in [0.25, 0.3) is 0 Å². The Morgan fingerprint density at radius 1 is 1.33 bits per heavy atom. The molecule has 3 heteroatoms. The van der Waals surface area contributed by atoms with E-state index in [0.717, 1.165) is 31.4 Å². The fourth-order valence-electron chi connectivity index (χ4n) is 1.95. The van der Waals surface area contributed by atoms with E-state index in [1.807, 2.05) is 24.3 Å². The fraction of sp³-hybridized carbons (Fsp3) is 0.533. The summed E-state index contributed by atoms with van der Waals surface area (Å²) in [5.41, 5.74) is 0.750. The number of methoxy groups -OCH3 is 1. The highest BCUT2D eigenvalue weighted by Crippen LogP contribution is 2.24. The van der Waals surface area contributed by atoms with Crippen LogP contribution in [0.5, 0.6) is 5.75 Å². The number of benzene rings is 1. The number of hydrogen-bond acceptors (Lipinski definition) is 2. The Kier molecular flexibility index (Phi) is 6.26. The number of carbonyl (C=O) groups is 1. The lowest BCUT2D eigenvalue weighted by atomic mass is 9.98. The normalized spacial score (nSPS) is 11.9. The van der Waals surface area contributed by atoms with Crippen molar-refractivity contribution < 1.29 is 9.53 Å². The highest BCUT2D eigenvalue weighted by molar-refractivity contribution is 5.93. The van der Waals surface area contributed by atoms with E-state index in [2.05, 4.69) is 19.2 Å². The fourth-order valence-corrected chi connectivity index (χ4v) is 1.95. The zero-order valence-electron chi connectivity index (χ0n) is 11.5. The smallest absolute Gasteiger partial charge is 0.227 e. The molecule has 1 N–H and O–H groups in total. The molecule has 3 nitrogen and oxygen atoms in total. The van der Waals surface area contributed by atoms with E-state index in [1.54, 1.807) is 7.11 Å². The van der Waals surface area contributed by atoms with Gasteiger partial charge in [0.05, 0.1) is 12.8 Å². The Morgan fingerprint density at radius 3 is 2.67 bits per heavy atom. The van der Waals surface area contributed by atoms with E-state index in [9.17, 15) is 4.79 Å². The molecule has 0 saturated heterocycles. The summed E-state index contributed by atoms with van der Waals surface area (Å²) < 4.78 is 5.23. The lowest BCUT2D eigenvalue weighted by Gasteiger charge is -2.16. The number of rotatable bonds is 7. The molecule has 1 amide bonds. The molecule has 1 aromatic carbocycles. The van der Waals surface area contributed by atoms with Crippen molar-refractivity contribution in [3.05, 3.63) is 24.3 Å². The van der Waals surface area contributed by atoms with E-state index in [1.165, 1.54) is 0 Å². The minimum Gasteiger partial charge on any atom is -0.495 e. The maximum absolute atomic E-state index is 12.2. The van der Waals surface area contributed by atoms with Crippen molar-refractivity contribution in [1.82, 2.24) is 0 Å². The largest absolute Gasteiger partial charge is 0.495 e. The van der Waals surface area contributed by atoms with E-state index in [-0.39, 0.29) is 11.8 Å². The van der Waals surface area contributed by atoms with Crippen LogP contribution in [-0.4, -0.2) is 13.0 Å². The SMILES string of the molecule is CCCC[C@H](CC)C(=O)Nc1ccccc1OC. The number of hydrogen-bond donors (Lipinski definition) is 1. The topological polar surface area (TPSA) is 38.3 Å². The Hall–Kier alpha value is -1.51. The van der Waals surface area contributed by atoms with Crippen LogP contribution >= 0.6 is 0 Å². The molecule has 0 radical (unpaired) electrons. The molecule has 0 bridgehead atoms. The van der Waals surface area contributed by atoms with Crippen LogP contribution in [0, 0.1) is 5.92 Å². The van der Waals surface area contributed by atoms with Crippen molar-refractivity contribution in [3.8, 4) is 5.75 Å². The van der Waals surface area contributed by atoms with Crippen LogP contribution in [0.2, 0.25) is 0 Å². The summed E-state index contributed by atoms with van der Waals surface area (Å²) in [5.74, 6) is 0.890. The molecule has 1 atom stereocenters. The average molecular weight is 249 g/mol. The van der Waals surface area contributed by atoms with Crippen LogP contribution in [0.4, 0.5) is 5.69 Å². The van der Waals surface area contributed by atoms with Crippen LogP contribution in [0.15, 0.2) is 24.3 Å². The van der Waals surface area contributed by atoms with Crippen molar-refractivity contribution in [3.63, 3.8) is 0 Å². The number of para-hydroxylation sites is 2. The molecule has 0 heterocycles. The van der Waals surface area contributed by atoms with Gasteiger partial charge in [0.15, 0.2) is 0 Å². The third-order valence-corrected chi connectivity index (χ3v) is 3.13. The van der Waals surface area contributed by atoms with E-state index < -0.39 is 0 Å². The monoisotopic (exact) mass is 249 g/mol. The maximum Gasteiger partial charge on any atom is 0.227 e. The summed E-state index contributed by atoms with van der Waals surface area (Å²) in [5, 5.41) is 2.96. The second-order valence-corrected chi connectivity index (χ2v) is 4.44. The van der Waals surface area contributed by atoms with E-state index >= 15 is 0 Å². The molecule has 0 aromatic heterocycles. The number of carbonyl (C=O) groups excluding carboxylic acids is 1. The molecule has 0 saturated carbocycles. The summed E-state index contributed by atoms with van der Waals surface area (Å²) in [7, 11) is 1.61. The van der Waals surface area contributed by atoms with Crippen LogP contribution in [-0.2, 0) is 4.79 Å². The van der Waals surface area contributed by atoms with Gasteiger partial charge in [-0.2, -0.15) is 0 Å². The standard InChI is InChI=1S/C15H23NO2/c1-4-6-9-12(5-2)15(17)16-13-10-7-8-11-14(13)18-3/h7-8,10-12H,4-6,9H2,1-3H3,(H,16,17)/t12-/m0/s1. The molecule has 1 rings (SSSR count). The highest BCUT2D eigenvalue weighted by atomic mass is 16.5. The molecule has 0 unspecified atom stereocenters. The van der Waals surface area contributed by atoms with Crippen LogP contribution in [0.1, 0.15) is 39.5 Å². The second kappa shape index (κ2) is 7.75. The predicted molar refractivity (Wildman–Crippen MR) is 74.9 cm³/mol. The molecule has 0 aliphatic heterocycles. The number of amides is 1. The van der Waals surface area contributed by atoms with Gasteiger partial charge >= 0.3 is 0 Å². The van der Waals surface area contributed by atoms with Gasteiger partial charge in [0.1, 0.15) is 5.75 Å². The summed E-state index contributed by atoms with van der Waals surface area (Å²) in [6.07, 6.45) is 4.05. The molecule has 0 aliphatic rings. The quantitative estimate of drug-likeness (QED) is 0.797. The molecule has 18 heavy (non-hydrogen) atoms. The Labute approximate surface area is 110 Å². The van der Waals surface area contributed by atoms with Gasteiger partial charge in [-0.05, 0) is 25.0 Å². The third kappa shape index (κ3) is 4.06. The number of nitrogens with one attached hydrogen (secondary N) is 1. The lowest BCUT2D eigenvalue weighted by molar-refractivity contribution is -0.120. The molecule has 1 aromatic rings. The lowest BCUT2D eigenvalue weighted by Crippen LogP contribution is -2.22. The molecule has 100 valence electrons. The molecular formula is C15H23NO2. The third-order valence-electron chi connectivity index (χ3n) is 3.13. The van der Waals surface area contributed by atoms with Gasteiger partial charge in [-0.15, -0.1) is 0 Å². The van der Waals surface area contributed by atoms with E-state index in [0.29, 0.717) is 5.75 Å². The number of unbranched alkanes of at least 4 members (excludes halogenated alkanes) is 1. The zero-order chi connectivity index (χ0) is 13.4. The zero-order valence-corrected chi connectivity index (χ0v) is 11.5. The molecular weight excluding hydrogens is 226 g/mol. The second-order valence-electron chi connectivity index (χ2n) is 4.44.